The third-order valence-corrected chi connectivity index (χ3v) is 2.80. The molecule has 17 heavy (non-hydrogen) atoms. The maximum atomic E-state index is 11.4. The van der Waals surface area contributed by atoms with Gasteiger partial charge >= 0.3 is 0 Å². The SMILES string of the molecule is CCCCC(=O)NC[C@H](O)c1ccccc1C. The number of aliphatic hydroxyl groups excluding tert-OH is 1. The van der Waals surface area contributed by atoms with Crippen molar-refractivity contribution in [1.82, 2.24) is 5.32 Å². The predicted octanol–water partition coefficient (Wildman–Crippen LogP) is 2.33. The number of benzene rings is 1. The molecule has 2 N–H and O–H groups in total. The standard InChI is InChI=1S/C14H21NO2/c1-3-4-9-14(17)15-10-13(16)12-8-6-5-7-11(12)2/h5-8,13,16H,3-4,9-10H2,1-2H3,(H,15,17)/t13-/m0/s1. The average molecular weight is 235 g/mol. The number of amides is 1. The summed E-state index contributed by atoms with van der Waals surface area (Å²) in [6.07, 6.45) is 1.82. The summed E-state index contributed by atoms with van der Waals surface area (Å²) in [5.74, 6) is 0.0134. The lowest BCUT2D eigenvalue weighted by molar-refractivity contribution is -0.121. The van der Waals surface area contributed by atoms with Crippen LogP contribution < -0.4 is 5.32 Å². The van der Waals surface area contributed by atoms with Gasteiger partial charge in [0, 0.05) is 13.0 Å². The van der Waals surface area contributed by atoms with Crippen molar-refractivity contribution in [3.63, 3.8) is 0 Å². The molecule has 3 heteroatoms. The molecule has 0 spiro atoms. The molecule has 0 bridgehead atoms. The largest absolute Gasteiger partial charge is 0.387 e. The molecule has 0 fully saturated rings. The monoisotopic (exact) mass is 235 g/mol. The second-order valence-electron chi connectivity index (χ2n) is 4.28. The lowest BCUT2D eigenvalue weighted by Gasteiger charge is -2.14. The predicted molar refractivity (Wildman–Crippen MR) is 68.7 cm³/mol. The van der Waals surface area contributed by atoms with Gasteiger partial charge in [-0.3, -0.25) is 4.79 Å². The van der Waals surface area contributed by atoms with E-state index in [1.807, 2.05) is 31.2 Å². The summed E-state index contributed by atoms with van der Waals surface area (Å²) in [5, 5.41) is 12.7. The maximum Gasteiger partial charge on any atom is 0.220 e. The molecule has 1 rings (SSSR count). The Balaban J connectivity index is 2.42. The highest BCUT2D eigenvalue weighted by Gasteiger charge is 2.10. The number of aliphatic hydroxyl groups is 1. The highest BCUT2D eigenvalue weighted by atomic mass is 16.3. The van der Waals surface area contributed by atoms with Crippen LogP contribution in [0.5, 0.6) is 0 Å². The van der Waals surface area contributed by atoms with E-state index in [0.717, 1.165) is 24.0 Å². The van der Waals surface area contributed by atoms with Crippen LogP contribution in [0.3, 0.4) is 0 Å². The third-order valence-electron chi connectivity index (χ3n) is 2.80. The molecule has 0 aromatic heterocycles. The van der Waals surface area contributed by atoms with Gasteiger partial charge in [-0.1, -0.05) is 37.6 Å². The summed E-state index contributed by atoms with van der Waals surface area (Å²) in [6, 6.07) is 7.67. The van der Waals surface area contributed by atoms with Crippen LogP contribution in [0, 0.1) is 6.92 Å². The van der Waals surface area contributed by atoms with Gasteiger partial charge in [-0.05, 0) is 24.5 Å². The Labute approximate surface area is 103 Å². The Hall–Kier alpha value is -1.35. The highest BCUT2D eigenvalue weighted by molar-refractivity contribution is 5.75. The van der Waals surface area contributed by atoms with Crippen molar-refractivity contribution in [2.75, 3.05) is 6.54 Å². The summed E-state index contributed by atoms with van der Waals surface area (Å²) in [5.41, 5.74) is 1.92. The first-order valence-electron chi connectivity index (χ1n) is 6.15. The topological polar surface area (TPSA) is 49.3 Å². The fourth-order valence-corrected chi connectivity index (χ4v) is 1.71. The molecule has 0 saturated heterocycles. The zero-order valence-electron chi connectivity index (χ0n) is 10.6. The molecule has 94 valence electrons. The average Bonchev–Trinajstić information content (AvgIpc) is 2.34. The van der Waals surface area contributed by atoms with Crippen LogP contribution in [0.2, 0.25) is 0 Å². The fourth-order valence-electron chi connectivity index (χ4n) is 1.71. The van der Waals surface area contributed by atoms with Crippen LogP contribution >= 0.6 is 0 Å². The zero-order valence-corrected chi connectivity index (χ0v) is 10.6. The van der Waals surface area contributed by atoms with Gasteiger partial charge in [0.15, 0.2) is 0 Å². The molecule has 1 amide bonds. The number of hydrogen-bond donors (Lipinski definition) is 2. The quantitative estimate of drug-likeness (QED) is 0.795. The van der Waals surface area contributed by atoms with Crippen molar-refractivity contribution < 1.29 is 9.90 Å². The first-order valence-corrected chi connectivity index (χ1v) is 6.15. The molecule has 0 heterocycles. The van der Waals surface area contributed by atoms with E-state index in [0.29, 0.717) is 6.42 Å². The zero-order chi connectivity index (χ0) is 12.7. The van der Waals surface area contributed by atoms with E-state index in [9.17, 15) is 9.90 Å². The van der Waals surface area contributed by atoms with Crippen LogP contribution in [-0.2, 0) is 4.79 Å². The number of carbonyl (C=O) groups is 1. The molecule has 0 unspecified atom stereocenters. The fraction of sp³-hybridized carbons (Fsp3) is 0.500. The van der Waals surface area contributed by atoms with Gasteiger partial charge in [0.2, 0.25) is 5.91 Å². The molecular formula is C14H21NO2. The molecule has 3 nitrogen and oxygen atoms in total. The molecule has 1 aromatic rings. The van der Waals surface area contributed by atoms with Crippen LogP contribution in [-0.4, -0.2) is 17.6 Å². The number of nitrogens with one attached hydrogen (secondary N) is 1. The number of unbranched alkanes of at least 4 members (excludes halogenated alkanes) is 1. The van der Waals surface area contributed by atoms with Gasteiger partial charge in [-0.15, -0.1) is 0 Å². The van der Waals surface area contributed by atoms with Crippen LogP contribution in [0.25, 0.3) is 0 Å². The van der Waals surface area contributed by atoms with Crippen LogP contribution in [0.15, 0.2) is 24.3 Å². The Morgan fingerprint density at radius 2 is 2.12 bits per heavy atom. The van der Waals surface area contributed by atoms with Gasteiger partial charge in [0.05, 0.1) is 6.10 Å². The van der Waals surface area contributed by atoms with Gasteiger partial charge < -0.3 is 10.4 Å². The molecule has 0 aliphatic heterocycles. The van der Waals surface area contributed by atoms with E-state index in [2.05, 4.69) is 12.2 Å². The van der Waals surface area contributed by atoms with Gasteiger partial charge in [-0.25, -0.2) is 0 Å². The van der Waals surface area contributed by atoms with Crippen molar-refractivity contribution in [3.05, 3.63) is 35.4 Å². The first-order chi connectivity index (χ1) is 8.15. The summed E-state index contributed by atoms with van der Waals surface area (Å²) in [4.78, 5) is 11.4. The number of rotatable bonds is 6. The first kappa shape index (κ1) is 13.7. The van der Waals surface area contributed by atoms with Crippen molar-refractivity contribution in [3.8, 4) is 0 Å². The van der Waals surface area contributed by atoms with Gasteiger partial charge in [-0.2, -0.15) is 0 Å². The lowest BCUT2D eigenvalue weighted by atomic mass is 10.0. The van der Waals surface area contributed by atoms with E-state index in [-0.39, 0.29) is 12.5 Å². The minimum atomic E-state index is -0.623. The third kappa shape index (κ3) is 4.57. The molecule has 0 aliphatic carbocycles. The summed E-state index contributed by atoms with van der Waals surface area (Å²) >= 11 is 0. The molecule has 1 atom stereocenters. The summed E-state index contributed by atoms with van der Waals surface area (Å²) in [7, 11) is 0. The number of carbonyl (C=O) groups excluding carboxylic acids is 1. The second-order valence-corrected chi connectivity index (χ2v) is 4.28. The van der Waals surface area contributed by atoms with Crippen molar-refractivity contribution in [1.29, 1.82) is 0 Å². The van der Waals surface area contributed by atoms with Gasteiger partial charge in [0.1, 0.15) is 0 Å². The number of hydrogen-bond acceptors (Lipinski definition) is 2. The Morgan fingerprint density at radius 1 is 1.41 bits per heavy atom. The minimum absolute atomic E-state index is 0.0134. The van der Waals surface area contributed by atoms with Crippen LogP contribution in [0.4, 0.5) is 0 Å². The van der Waals surface area contributed by atoms with Crippen molar-refractivity contribution >= 4 is 5.91 Å². The van der Waals surface area contributed by atoms with E-state index in [1.54, 1.807) is 0 Å². The Bertz CT molecular complexity index is 363. The highest BCUT2D eigenvalue weighted by Crippen LogP contribution is 2.16. The smallest absolute Gasteiger partial charge is 0.220 e. The van der Waals surface area contributed by atoms with E-state index in [1.165, 1.54) is 0 Å². The second kappa shape index (κ2) is 7.07. The Kier molecular flexibility index (Phi) is 5.70. The molecular weight excluding hydrogens is 214 g/mol. The maximum absolute atomic E-state index is 11.4. The lowest BCUT2D eigenvalue weighted by Crippen LogP contribution is -2.28. The normalized spacial score (nSPS) is 12.2. The van der Waals surface area contributed by atoms with Crippen molar-refractivity contribution in [2.24, 2.45) is 0 Å². The molecule has 1 aromatic carbocycles. The molecule has 0 aliphatic rings. The number of aryl methyl sites for hydroxylation is 1. The van der Waals surface area contributed by atoms with E-state index < -0.39 is 6.10 Å². The van der Waals surface area contributed by atoms with E-state index in [4.69, 9.17) is 0 Å². The van der Waals surface area contributed by atoms with Crippen molar-refractivity contribution in [2.45, 2.75) is 39.2 Å². The molecule has 0 radical (unpaired) electrons. The molecule has 0 saturated carbocycles. The van der Waals surface area contributed by atoms with Crippen LogP contribution in [0.1, 0.15) is 43.4 Å². The Morgan fingerprint density at radius 3 is 2.76 bits per heavy atom. The van der Waals surface area contributed by atoms with Gasteiger partial charge in [0.25, 0.3) is 0 Å². The minimum Gasteiger partial charge on any atom is -0.387 e. The summed E-state index contributed by atoms with van der Waals surface area (Å²) < 4.78 is 0. The summed E-state index contributed by atoms with van der Waals surface area (Å²) in [6.45, 7) is 4.29. The van der Waals surface area contributed by atoms with E-state index >= 15 is 0 Å².